The van der Waals surface area contributed by atoms with E-state index in [-0.39, 0.29) is 11.6 Å². The van der Waals surface area contributed by atoms with Crippen LogP contribution in [0.25, 0.3) is 0 Å². The van der Waals surface area contributed by atoms with Crippen LogP contribution in [0.5, 0.6) is 0 Å². The van der Waals surface area contributed by atoms with Gasteiger partial charge in [-0.2, -0.15) is 13.2 Å². The lowest BCUT2D eigenvalue weighted by molar-refractivity contribution is -0.137. The summed E-state index contributed by atoms with van der Waals surface area (Å²) in [5.74, 6) is -0.0744. The zero-order valence-corrected chi connectivity index (χ0v) is 12.7. The SMILES string of the molecule is CC(=O)N1CCCN(C(=O)Nc2ccccc2C(F)(F)F)CC1. The molecular formula is C15H18F3N3O2. The van der Waals surface area contributed by atoms with E-state index in [1.54, 1.807) is 4.90 Å². The molecule has 0 unspecified atom stereocenters. The van der Waals surface area contributed by atoms with Gasteiger partial charge in [0.25, 0.3) is 0 Å². The molecular weight excluding hydrogens is 311 g/mol. The first-order valence-electron chi connectivity index (χ1n) is 7.26. The molecule has 8 heteroatoms. The van der Waals surface area contributed by atoms with Gasteiger partial charge in [-0.15, -0.1) is 0 Å². The molecule has 1 N–H and O–H groups in total. The Morgan fingerprint density at radius 2 is 1.65 bits per heavy atom. The zero-order chi connectivity index (χ0) is 17.0. The van der Waals surface area contributed by atoms with E-state index in [4.69, 9.17) is 0 Å². The molecule has 0 bridgehead atoms. The van der Waals surface area contributed by atoms with Crippen LogP contribution in [0.4, 0.5) is 23.7 Å². The van der Waals surface area contributed by atoms with Crippen LogP contribution >= 0.6 is 0 Å². The highest BCUT2D eigenvalue weighted by Gasteiger charge is 2.34. The van der Waals surface area contributed by atoms with Crippen molar-refractivity contribution in [2.24, 2.45) is 0 Å². The minimum Gasteiger partial charge on any atom is -0.341 e. The standard InChI is InChI=1S/C15H18F3N3O2/c1-11(22)20-7-4-8-21(10-9-20)14(23)19-13-6-3-2-5-12(13)15(16,17)18/h2-3,5-6H,4,7-10H2,1H3,(H,19,23). The number of anilines is 1. The fourth-order valence-electron chi connectivity index (χ4n) is 2.47. The maximum atomic E-state index is 12.9. The number of halogens is 3. The van der Waals surface area contributed by atoms with E-state index in [2.05, 4.69) is 5.32 Å². The highest BCUT2D eigenvalue weighted by atomic mass is 19.4. The average molecular weight is 329 g/mol. The number of nitrogens with zero attached hydrogens (tertiary/aromatic N) is 2. The molecule has 1 fully saturated rings. The maximum Gasteiger partial charge on any atom is 0.418 e. The van der Waals surface area contributed by atoms with Gasteiger partial charge in [-0.3, -0.25) is 4.79 Å². The molecule has 1 saturated heterocycles. The van der Waals surface area contributed by atoms with Crippen molar-refractivity contribution in [3.05, 3.63) is 29.8 Å². The van der Waals surface area contributed by atoms with Gasteiger partial charge in [0.2, 0.25) is 5.91 Å². The van der Waals surface area contributed by atoms with Gasteiger partial charge in [0.1, 0.15) is 0 Å². The minimum atomic E-state index is -4.53. The summed E-state index contributed by atoms with van der Waals surface area (Å²) in [7, 11) is 0. The van der Waals surface area contributed by atoms with Crippen molar-refractivity contribution < 1.29 is 22.8 Å². The molecule has 0 aromatic heterocycles. The lowest BCUT2D eigenvalue weighted by atomic mass is 10.1. The smallest absolute Gasteiger partial charge is 0.341 e. The lowest BCUT2D eigenvalue weighted by Crippen LogP contribution is -2.39. The van der Waals surface area contributed by atoms with Crippen molar-refractivity contribution in [3.63, 3.8) is 0 Å². The molecule has 1 heterocycles. The van der Waals surface area contributed by atoms with Gasteiger partial charge >= 0.3 is 12.2 Å². The normalized spacial score (nSPS) is 16.0. The first-order chi connectivity index (χ1) is 10.8. The molecule has 0 spiro atoms. The molecule has 0 radical (unpaired) electrons. The van der Waals surface area contributed by atoms with Gasteiger partial charge in [0, 0.05) is 33.1 Å². The van der Waals surface area contributed by atoms with Gasteiger partial charge in [0.05, 0.1) is 11.3 Å². The fraction of sp³-hybridized carbons (Fsp3) is 0.467. The summed E-state index contributed by atoms with van der Waals surface area (Å²) in [6.07, 6.45) is -3.94. The Bertz CT molecular complexity index is 590. The van der Waals surface area contributed by atoms with Crippen LogP contribution in [0.3, 0.4) is 0 Å². The molecule has 1 aromatic carbocycles. The summed E-state index contributed by atoms with van der Waals surface area (Å²) < 4.78 is 38.8. The summed E-state index contributed by atoms with van der Waals surface area (Å²) >= 11 is 0. The first kappa shape index (κ1) is 17.1. The van der Waals surface area contributed by atoms with E-state index < -0.39 is 17.8 Å². The van der Waals surface area contributed by atoms with Gasteiger partial charge in [0.15, 0.2) is 0 Å². The lowest BCUT2D eigenvalue weighted by Gasteiger charge is -2.22. The Labute approximate surface area is 132 Å². The molecule has 0 saturated carbocycles. The highest BCUT2D eigenvalue weighted by molar-refractivity contribution is 5.90. The number of nitrogens with one attached hydrogen (secondary N) is 1. The molecule has 3 amide bonds. The van der Waals surface area contributed by atoms with Gasteiger partial charge in [-0.25, -0.2) is 4.79 Å². The van der Waals surface area contributed by atoms with E-state index in [9.17, 15) is 22.8 Å². The molecule has 1 aromatic rings. The second-order valence-corrected chi connectivity index (χ2v) is 5.32. The topological polar surface area (TPSA) is 52.7 Å². The molecule has 1 aliphatic heterocycles. The maximum absolute atomic E-state index is 12.9. The average Bonchev–Trinajstić information content (AvgIpc) is 2.72. The third kappa shape index (κ3) is 4.37. The van der Waals surface area contributed by atoms with Crippen LogP contribution in [0.1, 0.15) is 18.9 Å². The molecule has 0 atom stereocenters. The van der Waals surface area contributed by atoms with Gasteiger partial charge < -0.3 is 15.1 Å². The highest BCUT2D eigenvalue weighted by Crippen LogP contribution is 2.34. The summed E-state index contributed by atoms with van der Waals surface area (Å²) in [5, 5.41) is 2.32. The summed E-state index contributed by atoms with van der Waals surface area (Å²) in [6.45, 7) is 3.06. The summed E-state index contributed by atoms with van der Waals surface area (Å²) in [6, 6.07) is 4.27. The van der Waals surface area contributed by atoms with Crippen LogP contribution in [0, 0.1) is 0 Å². The van der Waals surface area contributed by atoms with Crippen molar-refractivity contribution in [2.45, 2.75) is 19.5 Å². The molecule has 126 valence electrons. The monoisotopic (exact) mass is 329 g/mol. The Morgan fingerprint density at radius 3 is 2.30 bits per heavy atom. The van der Waals surface area contributed by atoms with E-state index >= 15 is 0 Å². The zero-order valence-electron chi connectivity index (χ0n) is 12.7. The van der Waals surface area contributed by atoms with E-state index in [0.717, 1.165) is 6.07 Å². The number of benzene rings is 1. The van der Waals surface area contributed by atoms with Crippen LogP contribution in [0.2, 0.25) is 0 Å². The largest absolute Gasteiger partial charge is 0.418 e. The quantitative estimate of drug-likeness (QED) is 0.861. The Morgan fingerprint density at radius 1 is 1.04 bits per heavy atom. The van der Waals surface area contributed by atoms with Crippen molar-refractivity contribution in [2.75, 3.05) is 31.5 Å². The van der Waals surface area contributed by atoms with E-state index in [0.29, 0.717) is 32.6 Å². The third-order valence-electron chi connectivity index (χ3n) is 3.70. The number of amides is 3. The number of carbonyl (C=O) groups excluding carboxylic acids is 2. The van der Waals surface area contributed by atoms with Crippen molar-refractivity contribution >= 4 is 17.6 Å². The Balaban J connectivity index is 2.07. The second kappa shape index (κ2) is 6.89. The summed E-state index contributed by atoms with van der Waals surface area (Å²) in [5.41, 5.74) is -1.15. The molecule has 0 aliphatic carbocycles. The van der Waals surface area contributed by atoms with E-state index in [1.165, 1.54) is 30.0 Å². The number of hydrogen-bond donors (Lipinski definition) is 1. The number of hydrogen-bond acceptors (Lipinski definition) is 2. The molecule has 2 rings (SSSR count). The summed E-state index contributed by atoms with van der Waals surface area (Å²) in [4.78, 5) is 26.6. The number of rotatable bonds is 1. The van der Waals surface area contributed by atoms with Crippen LogP contribution in [-0.2, 0) is 11.0 Å². The predicted molar refractivity (Wildman–Crippen MR) is 78.9 cm³/mol. The van der Waals surface area contributed by atoms with Crippen molar-refractivity contribution in [3.8, 4) is 0 Å². The van der Waals surface area contributed by atoms with Crippen molar-refractivity contribution in [1.29, 1.82) is 0 Å². The first-order valence-corrected chi connectivity index (χ1v) is 7.26. The van der Waals surface area contributed by atoms with Gasteiger partial charge in [-0.1, -0.05) is 12.1 Å². The van der Waals surface area contributed by atoms with Gasteiger partial charge in [-0.05, 0) is 18.6 Å². The Hall–Kier alpha value is -2.25. The van der Waals surface area contributed by atoms with Crippen LogP contribution < -0.4 is 5.32 Å². The van der Waals surface area contributed by atoms with Crippen LogP contribution in [0.15, 0.2) is 24.3 Å². The molecule has 5 nitrogen and oxygen atoms in total. The number of urea groups is 1. The fourth-order valence-corrected chi connectivity index (χ4v) is 2.47. The molecule has 1 aliphatic rings. The Kier molecular flexibility index (Phi) is 5.12. The molecule has 23 heavy (non-hydrogen) atoms. The number of alkyl halides is 3. The number of para-hydroxylation sites is 1. The van der Waals surface area contributed by atoms with E-state index in [1.807, 2.05) is 0 Å². The second-order valence-electron chi connectivity index (χ2n) is 5.32. The minimum absolute atomic E-state index is 0.0744. The van der Waals surface area contributed by atoms with Crippen LogP contribution in [-0.4, -0.2) is 47.9 Å². The third-order valence-corrected chi connectivity index (χ3v) is 3.70. The van der Waals surface area contributed by atoms with Crippen molar-refractivity contribution in [1.82, 2.24) is 9.80 Å². The number of carbonyl (C=O) groups is 2. The predicted octanol–water partition coefficient (Wildman–Crippen LogP) is 2.79.